The monoisotopic (exact) mass is 396 g/mol. The lowest BCUT2D eigenvalue weighted by Gasteiger charge is -2.35. The number of benzene rings is 3. The van der Waals surface area contributed by atoms with Crippen LogP contribution in [0.1, 0.15) is 42.0 Å². The second-order valence-electron chi connectivity index (χ2n) is 8.37. The number of piperidine rings is 1. The average Bonchev–Trinajstić information content (AvgIpc) is 3.09. The van der Waals surface area contributed by atoms with E-state index in [4.69, 9.17) is 0 Å². The van der Waals surface area contributed by atoms with Gasteiger partial charge in [-0.2, -0.15) is 4.73 Å². The zero-order valence-electron chi connectivity index (χ0n) is 17.5. The lowest BCUT2D eigenvalue weighted by Crippen LogP contribution is -2.34. The van der Waals surface area contributed by atoms with Gasteiger partial charge >= 0.3 is 0 Å². The molecule has 0 bridgehead atoms. The number of likely N-dealkylation sites (tertiary alicyclic amines) is 1. The van der Waals surface area contributed by atoms with Crippen molar-refractivity contribution in [1.82, 2.24) is 9.63 Å². The third kappa shape index (κ3) is 3.29. The number of nitrogens with zero attached hydrogens (tertiary/aromatic N) is 2. The van der Waals surface area contributed by atoms with Crippen LogP contribution < -0.4 is 0 Å². The first-order valence-corrected chi connectivity index (χ1v) is 10.9. The van der Waals surface area contributed by atoms with Crippen molar-refractivity contribution in [3.05, 3.63) is 95.6 Å². The number of rotatable bonds is 4. The summed E-state index contributed by atoms with van der Waals surface area (Å²) in [7, 11) is 0. The highest BCUT2D eigenvalue weighted by Gasteiger charge is 2.31. The molecule has 30 heavy (non-hydrogen) atoms. The Kier molecular flexibility index (Phi) is 5.06. The maximum atomic E-state index is 11.3. The van der Waals surface area contributed by atoms with Crippen LogP contribution in [-0.2, 0) is 0 Å². The molecule has 0 amide bonds. The number of hydrogen-bond acceptors (Lipinski definition) is 2. The Bertz CT molecular complexity index is 1140. The SMILES string of the molecule is Cc1ccc(C(c2c(-c3ccccc3)n(O)c3ccccc23)N2CCCCC2)cc1. The molecule has 0 aliphatic carbocycles. The van der Waals surface area contributed by atoms with E-state index in [9.17, 15) is 5.21 Å². The minimum Gasteiger partial charge on any atom is -0.428 e. The summed E-state index contributed by atoms with van der Waals surface area (Å²) >= 11 is 0. The van der Waals surface area contributed by atoms with Crippen LogP contribution >= 0.6 is 0 Å². The van der Waals surface area contributed by atoms with Gasteiger partial charge in [-0.25, -0.2) is 0 Å². The highest BCUT2D eigenvalue weighted by atomic mass is 16.5. The molecule has 1 atom stereocenters. The standard InChI is InChI=1S/C27H28N2O/c1-20-14-16-22(17-15-20)26(28-18-8-3-9-19-28)25-23-12-6-7-13-24(23)29(30)27(25)21-10-4-2-5-11-21/h2,4-7,10-17,26,30H,3,8-9,18-19H2,1H3. The van der Waals surface area contributed by atoms with Crippen molar-refractivity contribution in [3.8, 4) is 11.3 Å². The summed E-state index contributed by atoms with van der Waals surface area (Å²) in [5.41, 5.74) is 6.55. The summed E-state index contributed by atoms with van der Waals surface area (Å²) < 4.78 is 1.39. The fraction of sp³-hybridized carbons (Fsp3) is 0.259. The van der Waals surface area contributed by atoms with Gasteiger partial charge in [-0.05, 0) is 44.5 Å². The third-order valence-corrected chi connectivity index (χ3v) is 6.36. The molecule has 3 nitrogen and oxygen atoms in total. The minimum absolute atomic E-state index is 0.111. The highest BCUT2D eigenvalue weighted by molar-refractivity contribution is 5.92. The third-order valence-electron chi connectivity index (χ3n) is 6.36. The highest BCUT2D eigenvalue weighted by Crippen LogP contribution is 2.42. The van der Waals surface area contributed by atoms with Gasteiger partial charge in [-0.1, -0.05) is 84.8 Å². The van der Waals surface area contributed by atoms with E-state index >= 15 is 0 Å². The smallest absolute Gasteiger partial charge is 0.0930 e. The van der Waals surface area contributed by atoms with Gasteiger partial charge in [0, 0.05) is 16.5 Å². The molecule has 1 aromatic heterocycles. The summed E-state index contributed by atoms with van der Waals surface area (Å²) in [5, 5.41) is 12.4. The Morgan fingerprint density at radius 2 is 1.43 bits per heavy atom. The van der Waals surface area contributed by atoms with Crippen LogP contribution in [0.25, 0.3) is 22.2 Å². The van der Waals surface area contributed by atoms with Crippen molar-refractivity contribution in [2.24, 2.45) is 0 Å². The summed E-state index contributed by atoms with van der Waals surface area (Å²) in [6.45, 7) is 4.30. The lowest BCUT2D eigenvalue weighted by atomic mass is 9.90. The quantitative estimate of drug-likeness (QED) is 0.403. The minimum atomic E-state index is 0.111. The van der Waals surface area contributed by atoms with Crippen molar-refractivity contribution >= 4 is 10.9 Å². The van der Waals surface area contributed by atoms with Crippen LogP contribution in [0.15, 0.2) is 78.9 Å². The van der Waals surface area contributed by atoms with E-state index in [0.717, 1.165) is 35.2 Å². The van der Waals surface area contributed by atoms with Crippen molar-refractivity contribution in [2.75, 3.05) is 13.1 Å². The van der Waals surface area contributed by atoms with Gasteiger partial charge < -0.3 is 5.21 Å². The average molecular weight is 397 g/mol. The molecule has 1 N–H and O–H groups in total. The second-order valence-corrected chi connectivity index (χ2v) is 8.37. The van der Waals surface area contributed by atoms with Gasteiger partial charge in [0.15, 0.2) is 0 Å². The Morgan fingerprint density at radius 1 is 0.767 bits per heavy atom. The fourth-order valence-electron chi connectivity index (χ4n) is 4.88. The number of fused-ring (bicyclic) bond motifs is 1. The van der Waals surface area contributed by atoms with E-state index in [1.807, 2.05) is 30.3 Å². The number of hydrogen-bond donors (Lipinski definition) is 1. The summed E-state index contributed by atoms with van der Waals surface area (Å²) in [6, 6.07) is 27.5. The number of aromatic nitrogens is 1. The van der Waals surface area contributed by atoms with Gasteiger partial charge in [0.25, 0.3) is 0 Å². The van der Waals surface area contributed by atoms with E-state index in [2.05, 4.69) is 60.4 Å². The Hall–Kier alpha value is -3.04. The molecule has 1 unspecified atom stereocenters. The molecule has 1 aliphatic rings. The maximum Gasteiger partial charge on any atom is 0.0930 e. The molecule has 0 spiro atoms. The molecule has 4 aromatic rings. The van der Waals surface area contributed by atoms with Gasteiger partial charge in [-0.3, -0.25) is 4.90 Å². The van der Waals surface area contributed by atoms with Gasteiger partial charge in [0.1, 0.15) is 0 Å². The van der Waals surface area contributed by atoms with Crippen LogP contribution in [0.3, 0.4) is 0 Å². The molecule has 3 aromatic carbocycles. The predicted octanol–water partition coefficient (Wildman–Crippen LogP) is 6.43. The first-order chi connectivity index (χ1) is 14.7. The van der Waals surface area contributed by atoms with E-state index in [1.165, 1.54) is 40.7 Å². The first kappa shape index (κ1) is 19.0. The van der Waals surface area contributed by atoms with Crippen LogP contribution in [-0.4, -0.2) is 27.9 Å². The van der Waals surface area contributed by atoms with Crippen molar-refractivity contribution < 1.29 is 5.21 Å². The van der Waals surface area contributed by atoms with Gasteiger partial charge in [-0.15, -0.1) is 0 Å². The summed E-state index contributed by atoms with van der Waals surface area (Å²) in [6.07, 6.45) is 3.74. The van der Waals surface area contributed by atoms with Crippen LogP contribution in [0, 0.1) is 6.92 Å². The summed E-state index contributed by atoms with van der Waals surface area (Å²) in [4.78, 5) is 2.60. The molecule has 3 heteroatoms. The van der Waals surface area contributed by atoms with Crippen molar-refractivity contribution in [1.29, 1.82) is 0 Å². The molecule has 152 valence electrons. The maximum absolute atomic E-state index is 11.3. The molecule has 1 saturated heterocycles. The van der Waals surface area contributed by atoms with Crippen LogP contribution in [0.4, 0.5) is 0 Å². The van der Waals surface area contributed by atoms with E-state index in [0.29, 0.717) is 0 Å². The van der Waals surface area contributed by atoms with E-state index in [-0.39, 0.29) is 6.04 Å². The molecule has 2 heterocycles. The Labute approximate surface area is 178 Å². The first-order valence-electron chi connectivity index (χ1n) is 10.9. The van der Waals surface area contributed by atoms with E-state index < -0.39 is 0 Å². The van der Waals surface area contributed by atoms with E-state index in [1.54, 1.807) is 0 Å². The largest absolute Gasteiger partial charge is 0.428 e. The zero-order valence-corrected chi connectivity index (χ0v) is 17.5. The van der Waals surface area contributed by atoms with Gasteiger partial charge in [0.2, 0.25) is 0 Å². The molecule has 1 aliphatic heterocycles. The second kappa shape index (κ2) is 8.00. The lowest BCUT2D eigenvalue weighted by molar-refractivity contribution is 0.183. The number of para-hydroxylation sites is 1. The fourth-order valence-corrected chi connectivity index (χ4v) is 4.88. The van der Waals surface area contributed by atoms with Gasteiger partial charge in [0.05, 0.1) is 17.3 Å². The molecular weight excluding hydrogens is 368 g/mol. The molecular formula is C27H28N2O. The molecule has 0 saturated carbocycles. The van der Waals surface area contributed by atoms with Crippen molar-refractivity contribution in [2.45, 2.75) is 32.2 Å². The normalized spacial score (nSPS) is 16.0. The molecule has 0 radical (unpaired) electrons. The number of aryl methyl sites for hydroxylation is 1. The topological polar surface area (TPSA) is 28.4 Å². The van der Waals surface area contributed by atoms with Crippen LogP contribution in [0.2, 0.25) is 0 Å². The zero-order chi connectivity index (χ0) is 20.5. The van der Waals surface area contributed by atoms with Crippen molar-refractivity contribution in [3.63, 3.8) is 0 Å². The van der Waals surface area contributed by atoms with Crippen LogP contribution in [0.5, 0.6) is 0 Å². The Balaban J connectivity index is 1.80. The predicted molar refractivity (Wildman–Crippen MR) is 123 cm³/mol. The summed E-state index contributed by atoms with van der Waals surface area (Å²) in [5.74, 6) is 0. The molecule has 1 fully saturated rings. The Morgan fingerprint density at radius 3 is 2.17 bits per heavy atom. The molecule has 5 rings (SSSR count).